The summed E-state index contributed by atoms with van der Waals surface area (Å²) in [5, 5.41) is 9.78. The summed E-state index contributed by atoms with van der Waals surface area (Å²) in [5.41, 5.74) is 0. The molecule has 2 N–H and O–H groups in total. The maximum atomic E-state index is 11.8. The minimum atomic E-state index is -0.242. The Morgan fingerprint density at radius 1 is 1.59 bits per heavy atom. The SMILES string of the molecule is CC(NCc1ncon1)C(=O)NC1CCCC1. The van der Waals surface area contributed by atoms with Gasteiger partial charge in [0.1, 0.15) is 0 Å². The van der Waals surface area contributed by atoms with Gasteiger partial charge in [-0.15, -0.1) is 0 Å². The van der Waals surface area contributed by atoms with Gasteiger partial charge in [0.2, 0.25) is 12.3 Å². The Kier molecular flexibility index (Phi) is 4.08. The van der Waals surface area contributed by atoms with E-state index in [0.717, 1.165) is 12.8 Å². The lowest BCUT2D eigenvalue weighted by atomic mass is 10.2. The fraction of sp³-hybridized carbons (Fsp3) is 0.727. The lowest BCUT2D eigenvalue weighted by Gasteiger charge is -2.16. The van der Waals surface area contributed by atoms with Crippen molar-refractivity contribution in [1.82, 2.24) is 20.8 Å². The topological polar surface area (TPSA) is 80.1 Å². The molecule has 6 nitrogen and oxygen atoms in total. The molecule has 17 heavy (non-hydrogen) atoms. The number of carbonyl (C=O) groups excluding carboxylic acids is 1. The summed E-state index contributed by atoms with van der Waals surface area (Å²) in [6.45, 7) is 2.28. The highest BCUT2D eigenvalue weighted by Crippen LogP contribution is 2.17. The Morgan fingerprint density at radius 2 is 2.35 bits per heavy atom. The normalized spacial score (nSPS) is 18.2. The van der Waals surface area contributed by atoms with Gasteiger partial charge >= 0.3 is 0 Å². The Hall–Kier alpha value is -1.43. The number of nitrogens with one attached hydrogen (secondary N) is 2. The second-order valence-corrected chi connectivity index (χ2v) is 4.44. The van der Waals surface area contributed by atoms with Crippen LogP contribution in [0.15, 0.2) is 10.9 Å². The molecular formula is C11H18N4O2. The first-order valence-corrected chi connectivity index (χ1v) is 6.04. The molecule has 0 bridgehead atoms. The first kappa shape index (κ1) is 12.0. The summed E-state index contributed by atoms with van der Waals surface area (Å²) in [4.78, 5) is 15.7. The Bertz CT molecular complexity index is 346. The van der Waals surface area contributed by atoms with Gasteiger partial charge in [0.15, 0.2) is 5.82 Å². The maximum Gasteiger partial charge on any atom is 0.237 e. The van der Waals surface area contributed by atoms with Crippen molar-refractivity contribution in [2.75, 3.05) is 0 Å². The fourth-order valence-electron chi connectivity index (χ4n) is 2.00. The molecule has 0 saturated heterocycles. The average molecular weight is 238 g/mol. The number of amides is 1. The van der Waals surface area contributed by atoms with Crippen molar-refractivity contribution in [2.45, 2.75) is 51.2 Å². The highest BCUT2D eigenvalue weighted by molar-refractivity contribution is 5.81. The lowest BCUT2D eigenvalue weighted by Crippen LogP contribution is -2.45. The van der Waals surface area contributed by atoms with Gasteiger partial charge < -0.3 is 9.84 Å². The van der Waals surface area contributed by atoms with Gasteiger partial charge in [-0.2, -0.15) is 4.98 Å². The van der Waals surface area contributed by atoms with E-state index in [1.165, 1.54) is 19.2 Å². The second kappa shape index (κ2) is 5.77. The summed E-state index contributed by atoms with van der Waals surface area (Å²) in [6.07, 6.45) is 5.91. The number of hydrogen-bond acceptors (Lipinski definition) is 5. The zero-order chi connectivity index (χ0) is 12.1. The number of rotatable bonds is 5. The van der Waals surface area contributed by atoms with E-state index in [4.69, 9.17) is 0 Å². The van der Waals surface area contributed by atoms with E-state index < -0.39 is 0 Å². The fourth-order valence-corrected chi connectivity index (χ4v) is 2.00. The van der Waals surface area contributed by atoms with Crippen molar-refractivity contribution in [3.05, 3.63) is 12.2 Å². The molecule has 6 heteroatoms. The van der Waals surface area contributed by atoms with E-state index in [0.29, 0.717) is 18.4 Å². The molecule has 0 aromatic carbocycles. The molecule has 1 amide bonds. The second-order valence-electron chi connectivity index (χ2n) is 4.44. The van der Waals surface area contributed by atoms with Crippen LogP contribution in [0.2, 0.25) is 0 Å². The van der Waals surface area contributed by atoms with Crippen LogP contribution in [0.4, 0.5) is 0 Å². The summed E-state index contributed by atoms with van der Waals surface area (Å²) in [6, 6.07) is 0.117. The summed E-state index contributed by atoms with van der Waals surface area (Å²) >= 11 is 0. The van der Waals surface area contributed by atoms with Crippen molar-refractivity contribution in [1.29, 1.82) is 0 Å². The zero-order valence-electron chi connectivity index (χ0n) is 9.98. The van der Waals surface area contributed by atoms with E-state index in [9.17, 15) is 4.79 Å². The highest BCUT2D eigenvalue weighted by atomic mass is 16.5. The minimum absolute atomic E-state index is 0.0420. The van der Waals surface area contributed by atoms with Gasteiger partial charge in [0, 0.05) is 6.04 Å². The third-order valence-corrected chi connectivity index (χ3v) is 3.07. The van der Waals surface area contributed by atoms with Gasteiger partial charge in [0.25, 0.3) is 0 Å². The molecule has 94 valence electrons. The molecule has 1 heterocycles. The monoisotopic (exact) mass is 238 g/mol. The molecule has 1 fully saturated rings. The number of aromatic nitrogens is 2. The van der Waals surface area contributed by atoms with E-state index in [1.807, 2.05) is 6.92 Å². The Balaban J connectivity index is 1.71. The van der Waals surface area contributed by atoms with Gasteiger partial charge in [-0.3, -0.25) is 10.1 Å². The van der Waals surface area contributed by atoms with Crippen LogP contribution < -0.4 is 10.6 Å². The van der Waals surface area contributed by atoms with Gasteiger partial charge in [-0.25, -0.2) is 0 Å². The van der Waals surface area contributed by atoms with Crippen molar-refractivity contribution in [3.63, 3.8) is 0 Å². The molecule has 1 atom stereocenters. The molecule has 1 aromatic rings. The largest absolute Gasteiger partial charge is 0.352 e. The quantitative estimate of drug-likeness (QED) is 0.785. The molecule has 1 unspecified atom stereocenters. The third-order valence-electron chi connectivity index (χ3n) is 3.07. The van der Waals surface area contributed by atoms with Gasteiger partial charge in [0.05, 0.1) is 12.6 Å². The van der Waals surface area contributed by atoms with Crippen molar-refractivity contribution in [3.8, 4) is 0 Å². The van der Waals surface area contributed by atoms with Crippen molar-refractivity contribution in [2.24, 2.45) is 0 Å². The standard InChI is InChI=1S/C11H18N4O2/c1-8(12-6-10-13-7-17-15-10)11(16)14-9-4-2-3-5-9/h7-9,12H,2-6H2,1H3,(H,14,16). The molecule has 0 aliphatic heterocycles. The van der Waals surface area contributed by atoms with Crippen LogP contribution in [0.3, 0.4) is 0 Å². The zero-order valence-corrected chi connectivity index (χ0v) is 9.98. The van der Waals surface area contributed by atoms with Crippen LogP contribution >= 0.6 is 0 Å². The van der Waals surface area contributed by atoms with Crippen molar-refractivity contribution < 1.29 is 9.32 Å². The molecule has 1 saturated carbocycles. The van der Waals surface area contributed by atoms with Gasteiger partial charge in [-0.05, 0) is 19.8 Å². The van der Waals surface area contributed by atoms with Crippen molar-refractivity contribution >= 4 is 5.91 Å². The van der Waals surface area contributed by atoms with E-state index in [2.05, 4.69) is 25.3 Å². The predicted octanol–water partition coefficient (Wildman–Crippen LogP) is 0.606. The van der Waals surface area contributed by atoms with Crippen LogP contribution in [0.5, 0.6) is 0 Å². The lowest BCUT2D eigenvalue weighted by molar-refractivity contribution is -0.123. The Morgan fingerprint density at radius 3 is 3.00 bits per heavy atom. The molecule has 1 aliphatic rings. The molecule has 1 aromatic heterocycles. The van der Waals surface area contributed by atoms with Gasteiger partial charge in [-0.1, -0.05) is 18.0 Å². The van der Waals surface area contributed by atoms with Crippen LogP contribution in [-0.4, -0.2) is 28.1 Å². The van der Waals surface area contributed by atoms with Crippen LogP contribution in [0.25, 0.3) is 0 Å². The number of hydrogen-bond donors (Lipinski definition) is 2. The molecule has 0 radical (unpaired) electrons. The maximum absolute atomic E-state index is 11.8. The first-order chi connectivity index (χ1) is 8.25. The molecule has 2 rings (SSSR count). The smallest absolute Gasteiger partial charge is 0.237 e. The van der Waals surface area contributed by atoms with E-state index >= 15 is 0 Å². The third kappa shape index (κ3) is 3.52. The minimum Gasteiger partial charge on any atom is -0.352 e. The average Bonchev–Trinajstić information content (AvgIpc) is 2.98. The predicted molar refractivity (Wildman–Crippen MR) is 61.0 cm³/mol. The van der Waals surface area contributed by atoms with E-state index in [-0.39, 0.29) is 11.9 Å². The molecule has 0 spiro atoms. The van der Waals surface area contributed by atoms with Crippen LogP contribution in [0.1, 0.15) is 38.4 Å². The Labute approximate surface area is 100 Å². The summed E-state index contributed by atoms with van der Waals surface area (Å²) in [7, 11) is 0. The summed E-state index contributed by atoms with van der Waals surface area (Å²) < 4.78 is 4.61. The first-order valence-electron chi connectivity index (χ1n) is 6.04. The van der Waals surface area contributed by atoms with E-state index in [1.54, 1.807) is 0 Å². The number of carbonyl (C=O) groups is 1. The summed E-state index contributed by atoms with van der Waals surface area (Å²) in [5.74, 6) is 0.603. The highest BCUT2D eigenvalue weighted by Gasteiger charge is 2.20. The molecular weight excluding hydrogens is 220 g/mol. The molecule has 1 aliphatic carbocycles. The van der Waals surface area contributed by atoms with Crippen LogP contribution in [-0.2, 0) is 11.3 Å². The van der Waals surface area contributed by atoms with Crippen LogP contribution in [0, 0.1) is 0 Å². The number of nitrogens with zero attached hydrogens (tertiary/aromatic N) is 2.